The highest BCUT2D eigenvalue weighted by molar-refractivity contribution is 9.10. The maximum Gasteiger partial charge on any atom is 0.404 e. The van der Waals surface area contributed by atoms with Gasteiger partial charge in [0.1, 0.15) is 0 Å². The largest absolute Gasteiger partial charge is 0.404 e. The van der Waals surface area contributed by atoms with E-state index in [0.717, 1.165) is 10.0 Å². The molecule has 1 aromatic rings. The highest BCUT2D eigenvalue weighted by Gasteiger charge is 2.61. The summed E-state index contributed by atoms with van der Waals surface area (Å²) in [6.45, 7) is 1.49. The van der Waals surface area contributed by atoms with Crippen LogP contribution in [0.25, 0.3) is 0 Å². The number of nitrogens with one attached hydrogen (secondary N) is 2. The summed E-state index contributed by atoms with van der Waals surface area (Å²) in [4.78, 5) is 12.2. The fourth-order valence-electron chi connectivity index (χ4n) is 2.50. The molecule has 0 aliphatic carbocycles. The van der Waals surface area contributed by atoms with Crippen molar-refractivity contribution in [1.82, 2.24) is 10.6 Å². The zero-order valence-corrected chi connectivity index (χ0v) is 13.0. The molecule has 0 aromatic heterocycles. The molecule has 3 nitrogen and oxygen atoms in total. The highest BCUT2D eigenvalue weighted by atomic mass is 79.9. The van der Waals surface area contributed by atoms with E-state index in [1.54, 1.807) is 31.2 Å². The Morgan fingerprint density at radius 1 is 1.43 bits per heavy atom. The third-order valence-corrected chi connectivity index (χ3v) is 4.57. The zero-order chi connectivity index (χ0) is 15.7. The van der Waals surface area contributed by atoms with Crippen molar-refractivity contribution in [3.8, 4) is 0 Å². The van der Waals surface area contributed by atoms with Gasteiger partial charge >= 0.3 is 6.18 Å². The van der Waals surface area contributed by atoms with Crippen LogP contribution < -0.4 is 10.6 Å². The van der Waals surface area contributed by atoms with Gasteiger partial charge in [0, 0.05) is 11.0 Å². The van der Waals surface area contributed by atoms with Gasteiger partial charge < -0.3 is 10.6 Å². The Morgan fingerprint density at radius 2 is 2.10 bits per heavy atom. The van der Waals surface area contributed by atoms with E-state index in [4.69, 9.17) is 0 Å². The van der Waals surface area contributed by atoms with Gasteiger partial charge in [0.15, 0.2) is 5.41 Å². The van der Waals surface area contributed by atoms with Gasteiger partial charge in [-0.05, 0) is 31.5 Å². The minimum absolute atomic E-state index is 0.191. The topological polar surface area (TPSA) is 41.1 Å². The van der Waals surface area contributed by atoms with Crippen LogP contribution in [0.15, 0.2) is 28.7 Å². The fraction of sp³-hybridized carbons (Fsp3) is 0.500. The molecule has 1 aliphatic heterocycles. The first kappa shape index (κ1) is 16.3. The van der Waals surface area contributed by atoms with E-state index < -0.39 is 23.5 Å². The average molecular weight is 365 g/mol. The van der Waals surface area contributed by atoms with E-state index in [1.165, 1.54) is 0 Å². The molecule has 1 saturated heterocycles. The summed E-state index contributed by atoms with van der Waals surface area (Å²) in [6, 6.07) is 6.63. The number of halogens is 4. The van der Waals surface area contributed by atoms with Crippen LogP contribution in [0.4, 0.5) is 13.2 Å². The molecule has 116 valence electrons. The lowest BCUT2D eigenvalue weighted by atomic mass is 9.84. The Balaban J connectivity index is 2.19. The SMILES string of the molecule is CC(NC(=O)C1(C(F)(F)F)CCNC1)c1ccccc1Br. The molecule has 0 bridgehead atoms. The maximum absolute atomic E-state index is 13.3. The van der Waals surface area contributed by atoms with Gasteiger partial charge in [-0.25, -0.2) is 0 Å². The quantitative estimate of drug-likeness (QED) is 0.864. The van der Waals surface area contributed by atoms with Crippen LogP contribution >= 0.6 is 15.9 Å². The summed E-state index contributed by atoms with van der Waals surface area (Å²) in [6.07, 6.45) is -4.79. The van der Waals surface area contributed by atoms with Gasteiger partial charge in [-0.1, -0.05) is 34.1 Å². The second kappa shape index (κ2) is 5.96. The summed E-state index contributed by atoms with van der Waals surface area (Å²) in [5.74, 6) is -0.969. The molecule has 1 heterocycles. The molecular weight excluding hydrogens is 349 g/mol. The molecule has 2 unspecified atom stereocenters. The lowest BCUT2D eigenvalue weighted by molar-refractivity contribution is -0.216. The summed E-state index contributed by atoms with van der Waals surface area (Å²) in [5, 5.41) is 5.13. The van der Waals surface area contributed by atoms with Crippen LogP contribution in [0, 0.1) is 5.41 Å². The third-order valence-electron chi connectivity index (χ3n) is 3.85. The third kappa shape index (κ3) is 3.08. The normalized spacial score (nSPS) is 23.9. The average Bonchev–Trinajstić information content (AvgIpc) is 2.89. The number of carbonyl (C=O) groups is 1. The second-order valence-electron chi connectivity index (χ2n) is 5.22. The predicted octanol–water partition coefficient (Wildman–Crippen LogP) is 3.17. The smallest absolute Gasteiger partial charge is 0.349 e. The molecule has 1 amide bonds. The lowest BCUT2D eigenvalue weighted by Gasteiger charge is -2.31. The first-order valence-corrected chi connectivity index (χ1v) is 7.40. The molecule has 1 fully saturated rings. The molecule has 0 spiro atoms. The number of benzene rings is 1. The van der Waals surface area contributed by atoms with Crippen LogP contribution in [-0.4, -0.2) is 25.2 Å². The van der Waals surface area contributed by atoms with Crippen LogP contribution in [0.3, 0.4) is 0 Å². The summed E-state index contributed by atoms with van der Waals surface area (Å²) < 4.78 is 40.6. The van der Waals surface area contributed by atoms with Crippen LogP contribution in [0.2, 0.25) is 0 Å². The Bertz CT molecular complexity index is 527. The predicted molar refractivity (Wildman–Crippen MR) is 76.7 cm³/mol. The molecule has 1 aliphatic rings. The Hall–Kier alpha value is -1.08. The van der Waals surface area contributed by atoms with E-state index in [9.17, 15) is 18.0 Å². The van der Waals surface area contributed by atoms with Gasteiger partial charge in [0.05, 0.1) is 6.04 Å². The van der Waals surface area contributed by atoms with Crippen LogP contribution in [0.1, 0.15) is 24.9 Å². The van der Waals surface area contributed by atoms with Crippen molar-refractivity contribution in [3.63, 3.8) is 0 Å². The van der Waals surface area contributed by atoms with Crippen molar-refractivity contribution < 1.29 is 18.0 Å². The van der Waals surface area contributed by atoms with Gasteiger partial charge in [0.25, 0.3) is 0 Å². The van der Waals surface area contributed by atoms with Gasteiger partial charge in [-0.2, -0.15) is 13.2 Å². The number of alkyl halides is 3. The number of amides is 1. The maximum atomic E-state index is 13.3. The van der Waals surface area contributed by atoms with Crippen molar-refractivity contribution >= 4 is 21.8 Å². The summed E-state index contributed by atoms with van der Waals surface area (Å²) in [5.41, 5.74) is -1.59. The minimum atomic E-state index is -4.56. The summed E-state index contributed by atoms with van der Waals surface area (Å²) >= 11 is 3.34. The highest BCUT2D eigenvalue weighted by Crippen LogP contribution is 2.43. The lowest BCUT2D eigenvalue weighted by Crippen LogP contribution is -2.52. The van der Waals surface area contributed by atoms with Crippen molar-refractivity contribution in [2.45, 2.75) is 25.6 Å². The van der Waals surface area contributed by atoms with Gasteiger partial charge in [-0.3, -0.25) is 4.79 Å². The van der Waals surface area contributed by atoms with E-state index in [2.05, 4.69) is 26.6 Å². The Morgan fingerprint density at radius 3 is 2.62 bits per heavy atom. The molecule has 1 aromatic carbocycles. The molecule has 0 radical (unpaired) electrons. The van der Waals surface area contributed by atoms with E-state index in [0.29, 0.717) is 0 Å². The number of hydrogen-bond donors (Lipinski definition) is 2. The van der Waals surface area contributed by atoms with E-state index in [1.807, 2.05) is 0 Å². The van der Waals surface area contributed by atoms with Gasteiger partial charge in [-0.15, -0.1) is 0 Å². The molecule has 2 atom stereocenters. The minimum Gasteiger partial charge on any atom is -0.349 e. The van der Waals surface area contributed by atoms with Crippen LogP contribution in [0.5, 0.6) is 0 Å². The molecule has 21 heavy (non-hydrogen) atoms. The molecule has 2 rings (SSSR count). The molecule has 7 heteroatoms. The van der Waals surface area contributed by atoms with Crippen LogP contribution in [-0.2, 0) is 4.79 Å². The van der Waals surface area contributed by atoms with Gasteiger partial charge in [0.2, 0.25) is 5.91 Å². The van der Waals surface area contributed by atoms with Crippen molar-refractivity contribution in [1.29, 1.82) is 0 Å². The fourth-order valence-corrected chi connectivity index (χ4v) is 3.12. The molecular formula is C14H16BrF3N2O. The van der Waals surface area contributed by atoms with Crippen molar-refractivity contribution in [2.75, 3.05) is 13.1 Å². The number of hydrogen-bond acceptors (Lipinski definition) is 2. The van der Waals surface area contributed by atoms with Crippen molar-refractivity contribution in [3.05, 3.63) is 34.3 Å². The van der Waals surface area contributed by atoms with E-state index >= 15 is 0 Å². The van der Waals surface area contributed by atoms with E-state index in [-0.39, 0.29) is 19.5 Å². The summed E-state index contributed by atoms with van der Waals surface area (Å²) in [7, 11) is 0. The molecule has 2 N–H and O–H groups in total. The zero-order valence-electron chi connectivity index (χ0n) is 11.4. The second-order valence-corrected chi connectivity index (χ2v) is 6.08. The number of carbonyl (C=O) groups excluding carboxylic acids is 1. The monoisotopic (exact) mass is 364 g/mol. The standard InChI is InChI=1S/C14H16BrF3N2O/c1-9(10-4-2-3-5-11(10)15)20-12(21)13(14(16,17)18)6-7-19-8-13/h2-5,9,19H,6-8H2,1H3,(H,20,21). The first-order valence-electron chi connectivity index (χ1n) is 6.61. The number of rotatable bonds is 3. The van der Waals surface area contributed by atoms with Crippen molar-refractivity contribution in [2.24, 2.45) is 5.41 Å². The Kier molecular flexibility index (Phi) is 4.63. The first-order chi connectivity index (χ1) is 9.78. The Labute approximate surface area is 129 Å². The molecule has 0 saturated carbocycles.